The number of hydrogen-bond acceptors (Lipinski definition) is 2. The van der Waals surface area contributed by atoms with Gasteiger partial charge in [0.05, 0.1) is 11.1 Å². The lowest BCUT2D eigenvalue weighted by molar-refractivity contribution is 0.0651. The van der Waals surface area contributed by atoms with Crippen molar-refractivity contribution >= 4 is 17.4 Å². The second kappa shape index (κ2) is 5.81. The van der Waals surface area contributed by atoms with Crippen LogP contribution < -0.4 is 0 Å². The SMILES string of the molecule is CCC(CC)(C(=O)c1ccc(Cl)cc1F)N(C)C. The van der Waals surface area contributed by atoms with Crippen LogP contribution in [0, 0.1) is 5.82 Å². The number of rotatable bonds is 5. The van der Waals surface area contributed by atoms with Gasteiger partial charge in [-0.1, -0.05) is 25.4 Å². The number of benzene rings is 1. The maximum atomic E-state index is 13.8. The number of carbonyl (C=O) groups excluding carboxylic acids is 1. The van der Waals surface area contributed by atoms with Crippen molar-refractivity contribution in [1.82, 2.24) is 4.90 Å². The van der Waals surface area contributed by atoms with Crippen molar-refractivity contribution in [3.63, 3.8) is 0 Å². The quantitative estimate of drug-likeness (QED) is 0.760. The molecule has 1 rings (SSSR count). The van der Waals surface area contributed by atoms with Gasteiger partial charge in [0.1, 0.15) is 5.82 Å². The number of halogens is 2. The Labute approximate surface area is 113 Å². The molecule has 0 aromatic heterocycles. The van der Waals surface area contributed by atoms with E-state index in [0.29, 0.717) is 17.9 Å². The predicted octanol–water partition coefficient (Wildman–Crippen LogP) is 3.78. The van der Waals surface area contributed by atoms with Gasteiger partial charge < -0.3 is 0 Å². The van der Waals surface area contributed by atoms with Crippen LogP contribution in [0.25, 0.3) is 0 Å². The molecule has 0 aliphatic heterocycles. The summed E-state index contributed by atoms with van der Waals surface area (Å²) in [6, 6.07) is 4.19. The molecular weight excluding hydrogens is 253 g/mol. The maximum Gasteiger partial charge on any atom is 0.185 e. The van der Waals surface area contributed by atoms with Gasteiger partial charge in [-0.25, -0.2) is 4.39 Å². The molecule has 1 aromatic rings. The zero-order valence-electron chi connectivity index (χ0n) is 11.3. The molecule has 0 unspecified atom stereocenters. The summed E-state index contributed by atoms with van der Waals surface area (Å²) in [5.41, 5.74) is -0.550. The van der Waals surface area contributed by atoms with Gasteiger partial charge in [-0.3, -0.25) is 9.69 Å². The van der Waals surface area contributed by atoms with Crippen molar-refractivity contribution in [2.45, 2.75) is 32.2 Å². The Morgan fingerprint density at radius 3 is 2.28 bits per heavy atom. The summed E-state index contributed by atoms with van der Waals surface area (Å²) in [5, 5.41) is 0.299. The van der Waals surface area contributed by atoms with Crippen molar-refractivity contribution in [3.8, 4) is 0 Å². The van der Waals surface area contributed by atoms with Gasteiger partial charge in [0.25, 0.3) is 0 Å². The molecule has 4 heteroatoms. The Hall–Kier alpha value is -0.930. The fourth-order valence-corrected chi connectivity index (χ4v) is 2.49. The largest absolute Gasteiger partial charge is 0.297 e. The summed E-state index contributed by atoms with van der Waals surface area (Å²) in [4.78, 5) is 14.4. The van der Waals surface area contributed by atoms with E-state index in [9.17, 15) is 9.18 Å². The van der Waals surface area contributed by atoms with Crippen molar-refractivity contribution in [3.05, 3.63) is 34.6 Å². The highest BCUT2D eigenvalue weighted by molar-refractivity contribution is 6.30. The third-order valence-electron chi connectivity index (χ3n) is 3.62. The summed E-state index contributed by atoms with van der Waals surface area (Å²) in [6.07, 6.45) is 1.27. The summed E-state index contributed by atoms with van der Waals surface area (Å²) in [6.45, 7) is 3.88. The van der Waals surface area contributed by atoms with Gasteiger partial charge in [-0.2, -0.15) is 0 Å². The topological polar surface area (TPSA) is 20.3 Å². The first kappa shape index (κ1) is 15.1. The van der Waals surface area contributed by atoms with E-state index in [1.807, 2.05) is 32.8 Å². The van der Waals surface area contributed by atoms with Crippen LogP contribution in [-0.4, -0.2) is 30.3 Å². The minimum absolute atomic E-state index is 0.108. The van der Waals surface area contributed by atoms with Crippen LogP contribution in [0.5, 0.6) is 0 Å². The highest BCUT2D eigenvalue weighted by atomic mass is 35.5. The molecule has 0 atom stereocenters. The van der Waals surface area contributed by atoms with Crippen LogP contribution in [0.1, 0.15) is 37.0 Å². The molecule has 0 amide bonds. The van der Waals surface area contributed by atoms with E-state index in [-0.39, 0.29) is 11.3 Å². The van der Waals surface area contributed by atoms with E-state index in [2.05, 4.69) is 0 Å². The lowest BCUT2D eigenvalue weighted by Gasteiger charge is -2.37. The van der Waals surface area contributed by atoms with E-state index in [1.165, 1.54) is 12.1 Å². The molecule has 18 heavy (non-hydrogen) atoms. The van der Waals surface area contributed by atoms with Crippen molar-refractivity contribution in [2.75, 3.05) is 14.1 Å². The minimum Gasteiger partial charge on any atom is -0.297 e. The fraction of sp³-hybridized carbons (Fsp3) is 0.500. The normalized spacial score (nSPS) is 11.9. The third-order valence-corrected chi connectivity index (χ3v) is 3.86. The summed E-state index contributed by atoms with van der Waals surface area (Å²) >= 11 is 5.70. The zero-order valence-corrected chi connectivity index (χ0v) is 12.0. The first-order chi connectivity index (χ1) is 8.39. The summed E-state index contributed by atoms with van der Waals surface area (Å²) < 4.78 is 13.8. The Kier molecular flexibility index (Phi) is 4.88. The second-order valence-electron chi connectivity index (χ2n) is 4.59. The number of Topliss-reactive ketones (excluding diaryl/α,β-unsaturated/α-hetero) is 1. The molecule has 0 radical (unpaired) electrons. The van der Waals surface area contributed by atoms with Crippen molar-refractivity contribution < 1.29 is 9.18 Å². The highest BCUT2D eigenvalue weighted by Crippen LogP contribution is 2.28. The molecule has 0 bridgehead atoms. The van der Waals surface area contributed by atoms with Crippen LogP contribution in [0.4, 0.5) is 4.39 Å². The van der Waals surface area contributed by atoms with E-state index >= 15 is 0 Å². The Balaban J connectivity index is 3.26. The van der Waals surface area contributed by atoms with Crippen LogP contribution in [0.15, 0.2) is 18.2 Å². The number of ketones is 1. The second-order valence-corrected chi connectivity index (χ2v) is 5.02. The number of carbonyl (C=O) groups is 1. The Morgan fingerprint density at radius 2 is 1.89 bits per heavy atom. The minimum atomic E-state index is -0.658. The van der Waals surface area contributed by atoms with Crippen LogP contribution in [0.2, 0.25) is 5.02 Å². The molecule has 2 nitrogen and oxygen atoms in total. The monoisotopic (exact) mass is 271 g/mol. The van der Waals surface area contributed by atoms with E-state index < -0.39 is 11.4 Å². The molecule has 1 aromatic carbocycles. The molecule has 0 heterocycles. The molecule has 0 N–H and O–H groups in total. The standard InChI is InChI=1S/C14H19ClFNO/c1-5-14(6-2,17(3)4)13(18)11-8-7-10(15)9-12(11)16/h7-9H,5-6H2,1-4H3. The number of hydrogen-bond donors (Lipinski definition) is 0. The van der Waals surface area contributed by atoms with Gasteiger partial charge in [-0.05, 0) is 45.1 Å². The Bertz CT molecular complexity index is 441. The van der Waals surface area contributed by atoms with Gasteiger partial charge in [0.2, 0.25) is 0 Å². The first-order valence-corrected chi connectivity index (χ1v) is 6.44. The molecule has 0 saturated carbocycles. The van der Waals surface area contributed by atoms with Gasteiger partial charge in [0.15, 0.2) is 5.78 Å². The number of likely N-dealkylation sites (N-methyl/N-ethyl adjacent to an activating group) is 1. The van der Waals surface area contributed by atoms with Gasteiger partial charge in [0, 0.05) is 5.02 Å². The average Bonchev–Trinajstić information content (AvgIpc) is 2.30. The molecule has 0 aliphatic carbocycles. The van der Waals surface area contributed by atoms with E-state index in [4.69, 9.17) is 11.6 Å². The Morgan fingerprint density at radius 1 is 1.33 bits per heavy atom. The third kappa shape index (κ3) is 2.57. The van der Waals surface area contributed by atoms with Crippen molar-refractivity contribution in [1.29, 1.82) is 0 Å². The molecule has 0 spiro atoms. The average molecular weight is 272 g/mol. The van der Waals surface area contributed by atoms with Crippen molar-refractivity contribution in [2.24, 2.45) is 0 Å². The van der Waals surface area contributed by atoms with Crippen LogP contribution in [-0.2, 0) is 0 Å². The molecule has 0 fully saturated rings. The van der Waals surface area contributed by atoms with Crippen LogP contribution in [0.3, 0.4) is 0 Å². The lowest BCUT2D eigenvalue weighted by Crippen LogP contribution is -2.50. The lowest BCUT2D eigenvalue weighted by atomic mass is 9.83. The van der Waals surface area contributed by atoms with E-state index in [0.717, 1.165) is 0 Å². The number of nitrogens with zero attached hydrogens (tertiary/aromatic N) is 1. The predicted molar refractivity (Wildman–Crippen MR) is 72.7 cm³/mol. The smallest absolute Gasteiger partial charge is 0.185 e. The first-order valence-electron chi connectivity index (χ1n) is 6.06. The van der Waals surface area contributed by atoms with E-state index in [1.54, 1.807) is 6.07 Å². The van der Waals surface area contributed by atoms with Gasteiger partial charge in [-0.15, -0.1) is 0 Å². The summed E-state index contributed by atoms with van der Waals surface area (Å²) in [5.74, 6) is -0.743. The van der Waals surface area contributed by atoms with Gasteiger partial charge >= 0.3 is 0 Å². The molecule has 0 saturated heterocycles. The van der Waals surface area contributed by atoms with Crippen LogP contribution >= 0.6 is 11.6 Å². The highest BCUT2D eigenvalue weighted by Gasteiger charge is 2.38. The zero-order chi connectivity index (χ0) is 13.9. The fourth-order valence-electron chi connectivity index (χ4n) is 2.33. The summed E-state index contributed by atoms with van der Waals surface area (Å²) in [7, 11) is 3.69. The molecule has 0 aliphatic rings. The molecule has 100 valence electrons. The molecular formula is C14H19ClFNO. The maximum absolute atomic E-state index is 13.8.